The molecule has 1 fully saturated rings. The van der Waals surface area contributed by atoms with Crippen LogP contribution < -0.4 is 10.6 Å². The predicted molar refractivity (Wildman–Crippen MR) is 123 cm³/mol. The van der Waals surface area contributed by atoms with Gasteiger partial charge in [0.25, 0.3) is 0 Å². The van der Waals surface area contributed by atoms with Gasteiger partial charge in [0.2, 0.25) is 0 Å². The number of aromatic nitrogens is 3. The zero-order valence-corrected chi connectivity index (χ0v) is 19.1. The molecule has 0 saturated heterocycles. The van der Waals surface area contributed by atoms with E-state index in [9.17, 15) is 0 Å². The van der Waals surface area contributed by atoms with Gasteiger partial charge < -0.3 is 15.2 Å². The molecule has 2 aliphatic rings. The van der Waals surface area contributed by atoms with Gasteiger partial charge in [-0.2, -0.15) is 0 Å². The standard InChI is InChI=1S/C21H30N6.HI/c1-15-25-26-20(27(15)2)14-23-21(24-18-8-4-5-9-18)22-13-17-12-11-16-7-3-6-10-19(16)17;/h3,6-7,10,17-18H,4-5,8-9,11-14H2,1-2H3,(H2,22,23,24);1H. The number of aliphatic imine (C=N–C) groups is 1. The summed E-state index contributed by atoms with van der Waals surface area (Å²) in [6.07, 6.45) is 7.48. The van der Waals surface area contributed by atoms with Crippen molar-refractivity contribution in [3.05, 3.63) is 47.0 Å². The fourth-order valence-corrected chi connectivity index (χ4v) is 4.23. The third kappa shape index (κ3) is 4.85. The van der Waals surface area contributed by atoms with E-state index in [2.05, 4.69) is 45.1 Å². The Morgan fingerprint density at radius 2 is 1.96 bits per heavy atom. The highest BCUT2D eigenvalue weighted by molar-refractivity contribution is 14.0. The number of hydrogen-bond donors (Lipinski definition) is 2. The van der Waals surface area contributed by atoms with Crippen LogP contribution in [0.25, 0.3) is 0 Å². The lowest BCUT2D eigenvalue weighted by Gasteiger charge is -2.20. The summed E-state index contributed by atoms with van der Waals surface area (Å²) in [5, 5.41) is 15.6. The number of guanidine groups is 1. The molecule has 1 aromatic heterocycles. The van der Waals surface area contributed by atoms with Crippen LogP contribution in [0.4, 0.5) is 0 Å². The van der Waals surface area contributed by atoms with Crippen LogP contribution in [0.1, 0.15) is 60.8 Å². The predicted octanol–water partition coefficient (Wildman–Crippen LogP) is 3.45. The summed E-state index contributed by atoms with van der Waals surface area (Å²) in [7, 11) is 1.99. The second kappa shape index (κ2) is 9.71. The van der Waals surface area contributed by atoms with Crippen molar-refractivity contribution in [2.24, 2.45) is 12.0 Å². The lowest BCUT2D eigenvalue weighted by atomic mass is 10.0. The van der Waals surface area contributed by atoms with Crippen molar-refractivity contribution in [1.82, 2.24) is 25.4 Å². The lowest BCUT2D eigenvalue weighted by Crippen LogP contribution is -2.43. The first-order valence-electron chi connectivity index (χ1n) is 10.2. The topological polar surface area (TPSA) is 67.1 Å². The van der Waals surface area contributed by atoms with Crippen molar-refractivity contribution in [2.75, 3.05) is 6.54 Å². The lowest BCUT2D eigenvalue weighted by molar-refractivity contribution is 0.591. The van der Waals surface area contributed by atoms with Gasteiger partial charge in [0.15, 0.2) is 11.8 Å². The number of benzene rings is 1. The zero-order valence-electron chi connectivity index (χ0n) is 16.8. The van der Waals surface area contributed by atoms with E-state index in [0.29, 0.717) is 18.5 Å². The summed E-state index contributed by atoms with van der Waals surface area (Å²) in [5.41, 5.74) is 3.00. The van der Waals surface area contributed by atoms with Crippen molar-refractivity contribution >= 4 is 29.9 Å². The normalized spacial score (nSPS) is 19.4. The number of nitrogens with one attached hydrogen (secondary N) is 2. The Balaban J connectivity index is 0.00000225. The van der Waals surface area contributed by atoms with Gasteiger partial charge in [-0.15, -0.1) is 34.2 Å². The number of halogens is 1. The van der Waals surface area contributed by atoms with Gasteiger partial charge in [-0.1, -0.05) is 37.1 Å². The largest absolute Gasteiger partial charge is 0.356 e. The molecule has 1 heterocycles. The molecule has 2 aromatic rings. The molecule has 7 heteroatoms. The highest BCUT2D eigenvalue weighted by Gasteiger charge is 2.23. The molecule has 152 valence electrons. The van der Waals surface area contributed by atoms with E-state index >= 15 is 0 Å². The molecule has 2 N–H and O–H groups in total. The molecule has 0 spiro atoms. The third-order valence-corrected chi connectivity index (χ3v) is 6.03. The van der Waals surface area contributed by atoms with Crippen LogP contribution in [0.5, 0.6) is 0 Å². The first kappa shape index (κ1) is 21.1. The van der Waals surface area contributed by atoms with Crippen LogP contribution in [0, 0.1) is 6.92 Å². The van der Waals surface area contributed by atoms with Gasteiger partial charge in [0.1, 0.15) is 12.4 Å². The first-order valence-corrected chi connectivity index (χ1v) is 10.2. The summed E-state index contributed by atoms with van der Waals surface area (Å²) in [6, 6.07) is 9.37. The number of rotatable bonds is 5. The van der Waals surface area contributed by atoms with Gasteiger partial charge >= 0.3 is 0 Å². The average Bonchev–Trinajstić information content (AvgIpc) is 3.41. The molecule has 0 radical (unpaired) electrons. The molecule has 1 saturated carbocycles. The number of fused-ring (bicyclic) bond motifs is 1. The van der Waals surface area contributed by atoms with Crippen LogP contribution in [-0.2, 0) is 20.0 Å². The maximum Gasteiger partial charge on any atom is 0.191 e. The molecule has 0 aliphatic heterocycles. The maximum absolute atomic E-state index is 4.82. The molecule has 0 amide bonds. The molecule has 2 aliphatic carbocycles. The maximum atomic E-state index is 4.82. The highest BCUT2D eigenvalue weighted by Crippen LogP contribution is 2.32. The van der Waals surface area contributed by atoms with E-state index < -0.39 is 0 Å². The van der Waals surface area contributed by atoms with E-state index in [0.717, 1.165) is 24.2 Å². The molecule has 1 atom stereocenters. The van der Waals surface area contributed by atoms with Crippen LogP contribution in [-0.4, -0.2) is 33.3 Å². The van der Waals surface area contributed by atoms with Crippen LogP contribution in [0.2, 0.25) is 0 Å². The summed E-state index contributed by atoms with van der Waals surface area (Å²) in [4.78, 5) is 4.82. The van der Waals surface area contributed by atoms with Crippen molar-refractivity contribution < 1.29 is 0 Å². The van der Waals surface area contributed by atoms with Crippen molar-refractivity contribution in [3.8, 4) is 0 Å². The summed E-state index contributed by atoms with van der Waals surface area (Å²) < 4.78 is 2.00. The fourth-order valence-electron chi connectivity index (χ4n) is 4.23. The summed E-state index contributed by atoms with van der Waals surface area (Å²) >= 11 is 0. The monoisotopic (exact) mass is 494 g/mol. The van der Waals surface area contributed by atoms with Crippen LogP contribution in [0.15, 0.2) is 29.3 Å². The van der Waals surface area contributed by atoms with Crippen LogP contribution >= 0.6 is 24.0 Å². The van der Waals surface area contributed by atoms with Gasteiger partial charge in [-0.05, 0) is 43.7 Å². The Hall–Kier alpha value is -1.64. The quantitative estimate of drug-likeness (QED) is 0.380. The Morgan fingerprint density at radius 1 is 1.18 bits per heavy atom. The Bertz CT molecular complexity index is 809. The molecular formula is C21H31IN6. The molecule has 4 rings (SSSR count). The second-order valence-corrected chi connectivity index (χ2v) is 7.83. The molecular weight excluding hydrogens is 463 g/mol. The Labute approximate surface area is 184 Å². The molecule has 1 unspecified atom stereocenters. The number of aryl methyl sites for hydroxylation is 2. The minimum Gasteiger partial charge on any atom is -0.356 e. The first-order chi connectivity index (χ1) is 13.2. The fraction of sp³-hybridized carbons (Fsp3) is 0.571. The van der Waals surface area contributed by atoms with Crippen molar-refractivity contribution in [1.29, 1.82) is 0 Å². The van der Waals surface area contributed by atoms with Gasteiger partial charge in [0, 0.05) is 25.6 Å². The average molecular weight is 494 g/mol. The summed E-state index contributed by atoms with van der Waals surface area (Å²) in [5.74, 6) is 3.29. The molecule has 0 bridgehead atoms. The number of nitrogens with zero attached hydrogens (tertiary/aromatic N) is 4. The highest BCUT2D eigenvalue weighted by atomic mass is 127. The Morgan fingerprint density at radius 3 is 2.71 bits per heavy atom. The van der Waals surface area contributed by atoms with Gasteiger partial charge in [0.05, 0.1) is 0 Å². The van der Waals surface area contributed by atoms with E-state index in [4.69, 9.17) is 4.99 Å². The minimum atomic E-state index is 0. The van der Waals surface area contributed by atoms with E-state index in [1.54, 1.807) is 0 Å². The molecule has 28 heavy (non-hydrogen) atoms. The summed E-state index contributed by atoms with van der Waals surface area (Å²) in [6.45, 7) is 3.43. The van der Waals surface area contributed by atoms with Gasteiger partial charge in [-0.3, -0.25) is 0 Å². The SMILES string of the molecule is Cc1nnc(CN=C(NCC2CCc3ccccc32)NC2CCCC2)n1C.I. The van der Waals surface area contributed by atoms with Crippen molar-refractivity contribution in [3.63, 3.8) is 0 Å². The smallest absolute Gasteiger partial charge is 0.191 e. The molecule has 6 nitrogen and oxygen atoms in total. The van der Waals surface area contributed by atoms with E-state index in [1.165, 1.54) is 49.7 Å². The molecule has 1 aromatic carbocycles. The van der Waals surface area contributed by atoms with Crippen molar-refractivity contribution in [2.45, 2.75) is 64.0 Å². The minimum absolute atomic E-state index is 0. The zero-order chi connectivity index (χ0) is 18.6. The Kier molecular flexibility index (Phi) is 7.31. The number of hydrogen-bond acceptors (Lipinski definition) is 3. The third-order valence-electron chi connectivity index (χ3n) is 6.03. The van der Waals surface area contributed by atoms with Gasteiger partial charge in [-0.25, -0.2) is 4.99 Å². The second-order valence-electron chi connectivity index (χ2n) is 7.83. The van der Waals surface area contributed by atoms with E-state index in [-0.39, 0.29) is 24.0 Å². The van der Waals surface area contributed by atoms with Crippen LogP contribution in [0.3, 0.4) is 0 Å². The van der Waals surface area contributed by atoms with E-state index in [1.807, 2.05) is 18.5 Å².